The topological polar surface area (TPSA) is 104 Å². The Balaban J connectivity index is 3.58. The fraction of sp³-hybridized carbons (Fsp3) is 0.400. The average molecular weight is 227 g/mol. The highest BCUT2D eigenvalue weighted by atomic mass is 16.7. The van der Waals surface area contributed by atoms with Crippen LogP contribution in [0.1, 0.15) is 22.3 Å². The molecule has 1 aromatic carbocycles. The Labute approximate surface area is 91.9 Å². The van der Waals surface area contributed by atoms with Crippen LogP contribution in [0.15, 0.2) is 6.07 Å². The van der Waals surface area contributed by atoms with Crippen LogP contribution in [0.3, 0.4) is 0 Å². The van der Waals surface area contributed by atoms with Gasteiger partial charge in [0.05, 0.1) is 4.92 Å². The number of aliphatic hydroxyl groups is 3. The number of nitrogens with zero attached hydrogens (tertiary/aromatic N) is 1. The van der Waals surface area contributed by atoms with Crippen LogP contribution in [-0.4, -0.2) is 20.2 Å². The van der Waals surface area contributed by atoms with Gasteiger partial charge in [0.2, 0.25) is 0 Å². The molecule has 0 aliphatic rings. The number of nitro benzene ring substituents is 1. The molecule has 6 heteroatoms. The summed E-state index contributed by atoms with van der Waals surface area (Å²) in [5.74, 6) is -2.98. The number of aryl methyl sites for hydroxylation is 1. The van der Waals surface area contributed by atoms with Gasteiger partial charge in [-0.3, -0.25) is 10.1 Å². The van der Waals surface area contributed by atoms with Gasteiger partial charge in [-0.15, -0.1) is 0 Å². The van der Waals surface area contributed by atoms with E-state index in [-0.39, 0.29) is 22.4 Å². The summed E-state index contributed by atoms with van der Waals surface area (Å²) >= 11 is 0. The van der Waals surface area contributed by atoms with E-state index in [2.05, 4.69) is 0 Å². The molecule has 6 nitrogen and oxygen atoms in total. The normalized spacial score (nSPS) is 11.6. The van der Waals surface area contributed by atoms with Crippen LogP contribution in [0.25, 0.3) is 0 Å². The van der Waals surface area contributed by atoms with Crippen molar-refractivity contribution < 1.29 is 20.2 Å². The lowest BCUT2D eigenvalue weighted by atomic mass is 9.96. The van der Waals surface area contributed by atoms with Crippen LogP contribution in [0.5, 0.6) is 0 Å². The quantitative estimate of drug-likeness (QED) is 0.390. The maximum Gasteiger partial charge on any atom is 0.304 e. The maximum atomic E-state index is 10.8. The smallest absolute Gasteiger partial charge is 0.304 e. The van der Waals surface area contributed by atoms with E-state index in [0.29, 0.717) is 5.56 Å². The van der Waals surface area contributed by atoms with Gasteiger partial charge in [0, 0.05) is 16.7 Å². The van der Waals surface area contributed by atoms with E-state index >= 15 is 0 Å². The second kappa shape index (κ2) is 3.82. The second-order valence-electron chi connectivity index (χ2n) is 3.73. The Kier molecular flexibility index (Phi) is 3.00. The summed E-state index contributed by atoms with van der Waals surface area (Å²) < 4.78 is 0. The molecule has 0 amide bonds. The first-order chi connectivity index (χ1) is 7.16. The first kappa shape index (κ1) is 12.6. The molecule has 1 rings (SSSR count). The Morgan fingerprint density at radius 3 is 2.06 bits per heavy atom. The molecule has 0 spiro atoms. The molecule has 0 saturated carbocycles. The molecule has 0 heterocycles. The van der Waals surface area contributed by atoms with Gasteiger partial charge in [-0.05, 0) is 32.4 Å². The summed E-state index contributed by atoms with van der Waals surface area (Å²) in [5.41, 5.74) is 0.634. The highest BCUT2D eigenvalue weighted by molar-refractivity contribution is 5.54. The van der Waals surface area contributed by atoms with Crippen molar-refractivity contribution in [3.8, 4) is 0 Å². The maximum absolute atomic E-state index is 10.8. The molecular weight excluding hydrogens is 214 g/mol. The van der Waals surface area contributed by atoms with E-state index in [4.69, 9.17) is 15.3 Å². The Morgan fingerprint density at radius 2 is 1.69 bits per heavy atom. The molecule has 0 atom stereocenters. The second-order valence-corrected chi connectivity index (χ2v) is 3.73. The summed E-state index contributed by atoms with van der Waals surface area (Å²) in [7, 11) is 0. The Morgan fingerprint density at radius 1 is 1.19 bits per heavy atom. The summed E-state index contributed by atoms with van der Waals surface area (Å²) in [6, 6.07) is 1.19. The zero-order valence-corrected chi connectivity index (χ0v) is 9.18. The van der Waals surface area contributed by atoms with Crippen LogP contribution < -0.4 is 0 Å². The van der Waals surface area contributed by atoms with Crippen molar-refractivity contribution in [1.82, 2.24) is 0 Å². The summed E-state index contributed by atoms with van der Waals surface area (Å²) in [4.78, 5) is 10.2. The van der Waals surface area contributed by atoms with Crippen molar-refractivity contribution in [2.45, 2.75) is 26.7 Å². The SMILES string of the molecule is Cc1cc(C(O)(O)O)c(C)c(C)c1[N+](=O)[O-]. The van der Waals surface area contributed by atoms with Crippen molar-refractivity contribution in [2.75, 3.05) is 0 Å². The predicted molar refractivity (Wildman–Crippen MR) is 55.6 cm³/mol. The van der Waals surface area contributed by atoms with E-state index in [9.17, 15) is 10.1 Å². The Hall–Kier alpha value is -1.50. The highest BCUT2D eigenvalue weighted by Gasteiger charge is 2.29. The van der Waals surface area contributed by atoms with Crippen molar-refractivity contribution >= 4 is 5.69 Å². The largest absolute Gasteiger partial charge is 0.340 e. The third-order valence-corrected chi connectivity index (χ3v) is 2.60. The number of hydrogen-bond acceptors (Lipinski definition) is 5. The van der Waals surface area contributed by atoms with Gasteiger partial charge in [-0.25, -0.2) is 0 Å². The van der Waals surface area contributed by atoms with Gasteiger partial charge < -0.3 is 15.3 Å². The number of rotatable bonds is 2. The molecule has 0 unspecified atom stereocenters. The Bertz CT molecular complexity index is 448. The minimum absolute atomic E-state index is 0.0782. The predicted octanol–water partition coefficient (Wildman–Crippen LogP) is 0.607. The van der Waals surface area contributed by atoms with Crippen LogP contribution in [0.2, 0.25) is 0 Å². The van der Waals surface area contributed by atoms with E-state index in [1.54, 1.807) is 0 Å². The molecule has 88 valence electrons. The third-order valence-electron chi connectivity index (χ3n) is 2.60. The summed E-state index contributed by atoms with van der Waals surface area (Å²) in [6.45, 7) is 4.45. The van der Waals surface area contributed by atoms with Gasteiger partial charge in [0.1, 0.15) is 0 Å². The minimum atomic E-state index is -2.98. The van der Waals surface area contributed by atoms with E-state index in [1.807, 2.05) is 0 Å². The summed E-state index contributed by atoms with van der Waals surface area (Å²) in [5, 5.41) is 38.0. The standard InChI is InChI=1S/C10H13NO5/c1-5-4-8(10(12,13)14)6(2)7(3)9(5)11(15)16/h4,12-14H,1-3H3. The molecule has 0 aromatic heterocycles. The van der Waals surface area contributed by atoms with Gasteiger partial charge in [-0.1, -0.05) is 0 Å². The molecule has 0 fully saturated rings. The molecule has 0 saturated heterocycles. The molecule has 1 aromatic rings. The van der Waals surface area contributed by atoms with Crippen LogP contribution in [0.4, 0.5) is 5.69 Å². The van der Waals surface area contributed by atoms with Crippen LogP contribution in [0, 0.1) is 30.9 Å². The summed E-state index contributed by atoms with van der Waals surface area (Å²) in [6.07, 6.45) is 0. The van der Waals surface area contributed by atoms with Gasteiger partial charge >= 0.3 is 5.97 Å². The lowest BCUT2D eigenvalue weighted by molar-refractivity contribution is -0.386. The third kappa shape index (κ3) is 2.04. The molecule has 0 aliphatic heterocycles. The zero-order chi connectivity index (χ0) is 12.7. The first-order valence-electron chi connectivity index (χ1n) is 4.59. The number of nitro groups is 1. The first-order valence-corrected chi connectivity index (χ1v) is 4.59. The van der Waals surface area contributed by atoms with Gasteiger partial charge in [-0.2, -0.15) is 0 Å². The van der Waals surface area contributed by atoms with Gasteiger partial charge in [0.25, 0.3) is 5.69 Å². The lowest BCUT2D eigenvalue weighted by Crippen LogP contribution is -2.25. The molecule has 0 bridgehead atoms. The van der Waals surface area contributed by atoms with Crippen molar-refractivity contribution in [3.63, 3.8) is 0 Å². The van der Waals surface area contributed by atoms with E-state index in [0.717, 1.165) is 0 Å². The van der Waals surface area contributed by atoms with Crippen molar-refractivity contribution in [3.05, 3.63) is 38.4 Å². The molecule has 0 radical (unpaired) electrons. The molecular formula is C10H13NO5. The zero-order valence-electron chi connectivity index (χ0n) is 9.18. The molecule has 3 N–H and O–H groups in total. The van der Waals surface area contributed by atoms with Gasteiger partial charge in [0.15, 0.2) is 0 Å². The molecule has 16 heavy (non-hydrogen) atoms. The monoisotopic (exact) mass is 227 g/mol. The fourth-order valence-electron chi connectivity index (χ4n) is 1.70. The van der Waals surface area contributed by atoms with E-state index < -0.39 is 10.9 Å². The van der Waals surface area contributed by atoms with Crippen molar-refractivity contribution in [1.29, 1.82) is 0 Å². The van der Waals surface area contributed by atoms with Crippen LogP contribution in [-0.2, 0) is 5.97 Å². The fourth-order valence-corrected chi connectivity index (χ4v) is 1.70. The number of hydrogen-bond donors (Lipinski definition) is 3. The average Bonchev–Trinajstić information content (AvgIpc) is 2.09. The highest BCUT2D eigenvalue weighted by Crippen LogP contribution is 2.31. The number of benzene rings is 1. The van der Waals surface area contributed by atoms with E-state index in [1.165, 1.54) is 26.8 Å². The lowest BCUT2D eigenvalue weighted by Gasteiger charge is -2.19. The van der Waals surface area contributed by atoms with Crippen LogP contribution >= 0.6 is 0 Å². The minimum Gasteiger partial charge on any atom is -0.340 e. The molecule has 0 aliphatic carbocycles. The van der Waals surface area contributed by atoms with Crippen molar-refractivity contribution in [2.24, 2.45) is 0 Å².